The third-order valence-electron chi connectivity index (χ3n) is 13.5. The van der Waals surface area contributed by atoms with Crippen molar-refractivity contribution in [1.29, 1.82) is 0 Å². The van der Waals surface area contributed by atoms with E-state index in [4.69, 9.17) is 0 Å². The predicted molar refractivity (Wildman–Crippen MR) is 287 cm³/mol. The van der Waals surface area contributed by atoms with Gasteiger partial charge >= 0.3 is 0 Å². The van der Waals surface area contributed by atoms with Gasteiger partial charge in [0.05, 0.1) is 22.6 Å². The molecular formula is C64H44N4. The van der Waals surface area contributed by atoms with Crippen LogP contribution < -0.4 is 14.7 Å². The summed E-state index contributed by atoms with van der Waals surface area (Å²) >= 11 is 0. The Hall–Kier alpha value is -9.12. The summed E-state index contributed by atoms with van der Waals surface area (Å²) in [6.45, 7) is 0. The van der Waals surface area contributed by atoms with Crippen molar-refractivity contribution in [3.63, 3.8) is 0 Å². The van der Waals surface area contributed by atoms with E-state index in [0.717, 1.165) is 67.9 Å². The van der Waals surface area contributed by atoms with Crippen LogP contribution in [-0.4, -0.2) is 4.57 Å². The average Bonchev–Trinajstić information content (AvgIpc) is 3.74. The summed E-state index contributed by atoms with van der Waals surface area (Å²) in [6.07, 6.45) is 0. The molecule has 1 aliphatic rings. The van der Waals surface area contributed by atoms with Gasteiger partial charge in [0.25, 0.3) is 0 Å². The highest BCUT2D eigenvalue weighted by Gasteiger charge is 2.36. The smallest absolute Gasteiger partial charge is 0.148 e. The van der Waals surface area contributed by atoms with E-state index in [1.54, 1.807) is 0 Å². The van der Waals surface area contributed by atoms with Crippen LogP contribution in [0.25, 0.3) is 60.4 Å². The molecule has 1 aromatic heterocycles. The van der Waals surface area contributed by atoms with Gasteiger partial charge in [-0.3, -0.25) is 9.47 Å². The quantitative estimate of drug-likeness (QED) is 0.151. The first-order valence-electron chi connectivity index (χ1n) is 23.3. The molecule has 320 valence electrons. The lowest BCUT2D eigenvalue weighted by molar-refractivity contribution is 1.05. The lowest BCUT2D eigenvalue weighted by Crippen LogP contribution is -2.25. The lowest BCUT2D eigenvalue weighted by atomic mass is 9.97. The Morgan fingerprint density at radius 3 is 1.26 bits per heavy atom. The fraction of sp³-hybridized carbons (Fsp3) is 0. The Bertz CT molecular complexity index is 3650. The Labute approximate surface area is 396 Å². The Kier molecular flexibility index (Phi) is 9.47. The van der Waals surface area contributed by atoms with Crippen molar-refractivity contribution < 1.29 is 0 Å². The van der Waals surface area contributed by atoms with Crippen molar-refractivity contribution in [2.75, 3.05) is 14.7 Å². The predicted octanol–water partition coefficient (Wildman–Crippen LogP) is 18.0. The standard InChI is InChI=1S/C64H44N4/c1-4-22-49(23-5-1)66-60-32-14-15-33-61(60)67(50-24-6-2-7-25-50)64-63(66)59-43-42-54(44-62(59)68(64)51-26-8-3-9-27-51)65(52-38-34-47(35-39-52)57-30-16-20-45-18-10-12-28-55(45)57)53-40-36-48(37-41-53)58-31-17-21-46-19-11-13-29-56(46)58/h1-44H. The average molecular weight is 869 g/mol. The Balaban J connectivity index is 1.05. The molecule has 0 N–H and O–H groups in total. The molecule has 4 heteroatoms. The Morgan fingerprint density at radius 2 is 0.721 bits per heavy atom. The van der Waals surface area contributed by atoms with Gasteiger partial charge in [0.2, 0.25) is 0 Å². The zero-order valence-corrected chi connectivity index (χ0v) is 37.2. The number of nitrogens with zero attached hydrogens (tertiary/aromatic N) is 4. The number of hydrogen-bond acceptors (Lipinski definition) is 3. The largest absolute Gasteiger partial charge is 0.310 e. The zero-order valence-electron chi connectivity index (χ0n) is 37.2. The van der Waals surface area contributed by atoms with E-state index in [1.165, 1.54) is 43.8 Å². The Morgan fingerprint density at radius 1 is 0.294 bits per heavy atom. The van der Waals surface area contributed by atoms with Gasteiger partial charge in [0.1, 0.15) is 5.82 Å². The van der Waals surface area contributed by atoms with E-state index >= 15 is 0 Å². The van der Waals surface area contributed by atoms with Crippen molar-refractivity contribution in [1.82, 2.24) is 4.57 Å². The minimum atomic E-state index is 1.05. The molecule has 0 fully saturated rings. The van der Waals surface area contributed by atoms with Crippen LogP contribution in [0.2, 0.25) is 0 Å². The number of hydrogen-bond donors (Lipinski definition) is 0. The maximum atomic E-state index is 2.46. The fourth-order valence-corrected chi connectivity index (χ4v) is 10.4. The SMILES string of the molecule is c1ccc(N2c3ccccc3N(c3ccccc3)c3c2c2ccc(N(c4ccc(-c5cccc6ccccc56)cc4)c4ccc(-c5cccc6ccccc56)cc4)cc2n3-c2ccccc2)cc1. The number of rotatable bonds is 8. The van der Waals surface area contributed by atoms with Crippen molar-refractivity contribution in [2.24, 2.45) is 0 Å². The van der Waals surface area contributed by atoms with E-state index < -0.39 is 0 Å². The van der Waals surface area contributed by atoms with E-state index in [1.807, 2.05) is 0 Å². The summed E-state index contributed by atoms with van der Waals surface area (Å²) < 4.78 is 2.46. The van der Waals surface area contributed by atoms with Gasteiger partial charge < -0.3 is 9.80 Å². The molecule has 1 aliphatic heterocycles. The molecule has 0 saturated carbocycles. The lowest BCUT2D eigenvalue weighted by Gasteiger charge is -2.39. The van der Waals surface area contributed by atoms with E-state index in [-0.39, 0.29) is 0 Å². The summed E-state index contributed by atoms with van der Waals surface area (Å²) in [7, 11) is 0. The first kappa shape index (κ1) is 39.3. The fourth-order valence-electron chi connectivity index (χ4n) is 10.4. The first-order chi connectivity index (χ1) is 33.8. The second-order valence-electron chi connectivity index (χ2n) is 17.4. The zero-order chi connectivity index (χ0) is 45.0. The van der Waals surface area contributed by atoms with Gasteiger partial charge in [0.15, 0.2) is 0 Å². The molecule has 0 saturated heterocycles. The van der Waals surface area contributed by atoms with Crippen LogP contribution in [0, 0.1) is 0 Å². The maximum Gasteiger partial charge on any atom is 0.148 e. The molecule has 0 unspecified atom stereocenters. The van der Waals surface area contributed by atoms with Crippen LogP contribution in [0.3, 0.4) is 0 Å². The van der Waals surface area contributed by atoms with E-state index in [0.29, 0.717) is 0 Å². The first-order valence-corrected chi connectivity index (χ1v) is 23.3. The number of anilines is 9. The van der Waals surface area contributed by atoms with Crippen molar-refractivity contribution in [2.45, 2.75) is 0 Å². The highest BCUT2D eigenvalue weighted by atomic mass is 15.3. The van der Waals surface area contributed by atoms with Crippen molar-refractivity contribution in [3.05, 3.63) is 267 Å². The number of fused-ring (bicyclic) bond motifs is 6. The van der Waals surface area contributed by atoms with Crippen LogP contribution >= 0.6 is 0 Å². The molecule has 68 heavy (non-hydrogen) atoms. The van der Waals surface area contributed by atoms with Crippen molar-refractivity contribution >= 4 is 83.8 Å². The minimum absolute atomic E-state index is 1.05. The monoisotopic (exact) mass is 868 g/mol. The third kappa shape index (κ3) is 6.53. The second kappa shape index (κ2) is 16.4. The van der Waals surface area contributed by atoms with E-state index in [2.05, 4.69) is 286 Å². The van der Waals surface area contributed by atoms with Crippen LogP contribution in [0.5, 0.6) is 0 Å². The summed E-state index contributed by atoms with van der Waals surface area (Å²) in [5.41, 5.74) is 15.7. The minimum Gasteiger partial charge on any atom is -0.310 e. The second-order valence-corrected chi connectivity index (χ2v) is 17.4. The van der Waals surface area contributed by atoms with Crippen LogP contribution in [0.4, 0.5) is 51.3 Å². The molecule has 0 radical (unpaired) electrons. The normalized spacial score (nSPS) is 12.1. The molecule has 4 nitrogen and oxygen atoms in total. The van der Waals surface area contributed by atoms with Crippen LogP contribution in [-0.2, 0) is 0 Å². The summed E-state index contributed by atoms with van der Waals surface area (Å²) in [4.78, 5) is 7.28. The van der Waals surface area contributed by atoms with Gasteiger partial charge in [-0.05, 0) is 135 Å². The molecule has 12 aromatic rings. The molecule has 0 atom stereocenters. The maximum absolute atomic E-state index is 2.46. The summed E-state index contributed by atoms with van der Waals surface area (Å²) in [6, 6.07) is 96.7. The molecular weight excluding hydrogens is 825 g/mol. The highest BCUT2D eigenvalue weighted by molar-refractivity contribution is 6.14. The third-order valence-corrected chi connectivity index (χ3v) is 13.5. The van der Waals surface area contributed by atoms with Crippen LogP contribution in [0.1, 0.15) is 0 Å². The van der Waals surface area contributed by atoms with Crippen molar-refractivity contribution in [3.8, 4) is 27.9 Å². The van der Waals surface area contributed by atoms with E-state index in [9.17, 15) is 0 Å². The number of para-hydroxylation sites is 5. The number of benzene rings is 11. The molecule has 0 aliphatic carbocycles. The van der Waals surface area contributed by atoms with Gasteiger partial charge in [-0.1, -0.05) is 176 Å². The van der Waals surface area contributed by atoms with Crippen LogP contribution in [0.15, 0.2) is 267 Å². The molecule has 13 rings (SSSR count). The van der Waals surface area contributed by atoms with Gasteiger partial charge in [-0.25, -0.2) is 0 Å². The molecule has 11 aromatic carbocycles. The summed E-state index contributed by atoms with van der Waals surface area (Å²) in [5.74, 6) is 1.07. The molecule has 2 heterocycles. The molecule has 0 bridgehead atoms. The molecule has 0 spiro atoms. The van der Waals surface area contributed by atoms with Gasteiger partial charge in [-0.2, -0.15) is 0 Å². The number of aromatic nitrogens is 1. The van der Waals surface area contributed by atoms with Gasteiger partial charge in [0, 0.05) is 39.5 Å². The van der Waals surface area contributed by atoms with Gasteiger partial charge in [-0.15, -0.1) is 0 Å². The topological polar surface area (TPSA) is 14.7 Å². The summed E-state index contributed by atoms with van der Waals surface area (Å²) in [5, 5.41) is 6.11. The highest BCUT2D eigenvalue weighted by Crippen LogP contribution is 2.58. The molecule has 0 amide bonds.